The van der Waals surface area contributed by atoms with E-state index in [0.717, 1.165) is 26.1 Å². The maximum Gasteiger partial charge on any atom is 0.0870 e. The van der Waals surface area contributed by atoms with Crippen molar-refractivity contribution in [3.63, 3.8) is 0 Å². The summed E-state index contributed by atoms with van der Waals surface area (Å²) in [6.07, 6.45) is 10.6. The van der Waals surface area contributed by atoms with Gasteiger partial charge in [-0.1, -0.05) is 38.4 Å². The Labute approximate surface area is 122 Å². The molecule has 1 aliphatic carbocycles. The highest BCUT2D eigenvalue weighted by atomic mass is 32.1. The summed E-state index contributed by atoms with van der Waals surface area (Å²) in [6, 6.07) is 0. The van der Waals surface area contributed by atoms with Crippen LogP contribution in [0.1, 0.15) is 58.3 Å². The molecule has 4 heteroatoms. The van der Waals surface area contributed by atoms with Gasteiger partial charge in [0.15, 0.2) is 0 Å². The Hall–Kier alpha value is -0.190. The Kier molecular flexibility index (Phi) is 5.60. The highest BCUT2D eigenvalue weighted by Crippen LogP contribution is 2.41. The molecule has 110 valence electrons. The fourth-order valence-corrected chi connectivity index (χ4v) is 3.83. The molecule has 1 saturated carbocycles. The first-order chi connectivity index (χ1) is 9.13. The van der Waals surface area contributed by atoms with Crippen molar-refractivity contribution in [3.05, 3.63) is 0 Å². The van der Waals surface area contributed by atoms with Gasteiger partial charge in [0, 0.05) is 13.1 Å². The van der Waals surface area contributed by atoms with Crippen molar-refractivity contribution in [1.82, 2.24) is 4.90 Å². The van der Waals surface area contributed by atoms with Crippen LogP contribution in [-0.4, -0.2) is 41.2 Å². The fraction of sp³-hybridized carbons (Fsp3) is 0.933. The average Bonchev–Trinajstić information content (AvgIpc) is 2.72. The first-order valence-corrected chi connectivity index (χ1v) is 8.23. The first-order valence-electron chi connectivity index (χ1n) is 7.82. The zero-order valence-corrected chi connectivity index (χ0v) is 13.0. The van der Waals surface area contributed by atoms with Gasteiger partial charge >= 0.3 is 0 Å². The van der Waals surface area contributed by atoms with Gasteiger partial charge in [-0.15, -0.1) is 0 Å². The predicted octanol–water partition coefficient (Wildman–Crippen LogP) is 2.87. The van der Waals surface area contributed by atoms with Crippen molar-refractivity contribution in [3.8, 4) is 0 Å². The van der Waals surface area contributed by atoms with E-state index in [1.165, 1.54) is 44.9 Å². The van der Waals surface area contributed by atoms with Gasteiger partial charge in [-0.2, -0.15) is 0 Å². The molecule has 1 saturated heterocycles. The lowest BCUT2D eigenvalue weighted by Crippen LogP contribution is -2.40. The van der Waals surface area contributed by atoms with Crippen LogP contribution in [-0.2, 0) is 4.74 Å². The summed E-state index contributed by atoms with van der Waals surface area (Å²) in [6.45, 7) is 4.98. The number of hydrogen-bond acceptors (Lipinski definition) is 3. The minimum atomic E-state index is 0.226. The Balaban J connectivity index is 1.83. The van der Waals surface area contributed by atoms with Gasteiger partial charge in [0.2, 0.25) is 0 Å². The molecule has 0 aromatic rings. The van der Waals surface area contributed by atoms with E-state index in [4.69, 9.17) is 22.7 Å². The van der Waals surface area contributed by atoms with E-state index in [9.17, 15) is 0 Å². The van der Waals surface area contributed by atoms with Crippen molar-refractivity contribution in [2.24, 2.45) is 5.73 Å². The topological polar surface area (TPSA) is 38.5 Å². The first kappa shape index (κ1) is 15.2. The molecule has 2 aliphatic rings. The zero-order chi connectivity index (χ0) is 13.7. The summed E-state index contributed by atoms with van der Waals surface area (Å²) >= 11 is 5.04. The van der Waals surface area contributed by atoms with Crippen molar-refractivity contribution in [2.45, 2.75) is 70.0 Å². The van der Waals surface area contributed by atoms with Gasteiger partial charge < -0.3 is 10.5 Å². The summed E-state index contributed by atoms with van der Waals surface area (Å²) < 4.78 is 6.42. The van der Waals surface area contributed by atoms with Crippen molar-refractivity contribution in [1.29, 1.82) is 0 Å². The minimum Gasteiger partial charge on any atom is -0.392 e. The number of thiocarbonyl (C=S) groups is 1. The number of nitrogens with zero attached hydrogens (tertiary/aromatic N) is 1. The van der Waals surface area contributed by atoms with Crippen LogP contribution in [0.15, 0.2) is 0 Å². The summed E-state index contributed by atoms with van der Waals surface area (Å²) in [5.41, 5.74) is 5.91. The van der Waals surface area contributed by atoms with E-state index in [1.807, 2.05) is 0 Å². The Morgan fingerprint density at radius 2 is 2.05 bits per heavy atom. The third-order valence-corrected chi connectivity index (χ3v) is 4.61. The zero-order valence-electron chi connectivity index (χ0n) is 12.2. The molecule has 2 N–H and O–H groups in total. The highest BCUT2D eigenvalue weighted by Gasteiger charge is 2.40. The van der Waals surface area contributed by atoms with Crippen LogP contribution in [0.5, 0.6) is 0 Å². The maximum atomic E-state index is 6.42. The number of rotatable bonds is 6. The molecule has 19 heavy (non-hydrogen) atoms. The summed E-state index contributed by atoms with van der Waals surface area (Å²) in [4.78, 5) is 2.95. The molecule has 0 aromatic carbocycles. The second-order valence-electron chi connectivity index (χ2n) is 6.22. The Morgan fingerprint density at radius 1 is 1.32 bits per heavy atom. The summed E-state index contributed by atoms with van der Waals surface area (Å²) in [5, 5.41) is 0. The molecule has 1 spiro atoms. The molecule has 0 radical (unpaired) electrons. The molecule has 2 fully saturated rings. The largest absolute Gasteiger partial charge is 0.392 e. The smallest absolute Gasteiger partial charge is 0.0870 e. The maximum absolute atomic E-state index is 6.42. The number of nitrogens with two attached hydrogens (primary N) is 1. The summed E-state index contributed by atoms with van der Waals surface area (Å²) in [7, 11) is 0. The predicted molar refractivity (Wildman–Crippen MR) is 83.4 cm³/mol. The monoisotopic (exact) mass is 284 g/mol. The van der Waals surface area contributed by atoms with Crippen LogP contribution in [0.4, 0.5) is 0 Å². The van der Waals surface area contributed by atoms with Gasteiger partial charge in [-0.3, -0.25) is 4.90 Å². The molecule has 1 unspecified atom stereocenters. The molecule has 3 nitrogen and oxygen atoms in total. The van der Waals surface area contributed by atoms with Crippen molar-refractivity contribution < 1.29 is 4.74 Å². The van der Waals surface area contributed by atoms with Crippen LogP contribution in [0.3, 0.4) is 0 Å². The summed E-state index contributed by atoms with van der Waals surface area (Å²) in [5.74, 6) is 0. The van der Waals surface area contributed by atoms with Crippen LogP contribution in [0.25, 0.3) is 0 Å². The van der Waals surface area contributed by atoms with Gasteiger partial charge in [0.25, 0.3) is 0 Å². The standard InChI is InChI=1S/C15H28N2OS/c1-2-10-17(12-14(16)19)11-13-6-9-15(18-13)7-4-3-5-8-15/h13H,2-12H2,1H3,(H2,16,19). The molecule has 1 atom stereocenters. The Bertz CT molecular complexity index is 303. The number of hydrogen-bond donors (Lipinski definition) is 1. The average molecular weight is 284 g/mol. The van der Waals surface area contributed by atoms with Gasteiger partial charge in [0.05, 0.1) is 16.7 Å². The van der Waals surface area contributed by atoms with E-state index in [1.54, 1.807) is 0 Å². The molecule has 0 aromatic heterocycles. The lowest BCUT2D eigenvalue weighted by atomic mass is 9.83. The van der Waals surface area contributed by atoms with E-state index >= 15 is 0 Å². The van der Waals surface area contributed by atoms with Crippen molar-refractivity contribution in [2.75, 3.05) is 19.6 Å². The van der Waals surface area contributed by atoms with Crippen LogP contribution in [0, 0.1) is 0 Å². The van der Waals surface area contributed by atoms with Gasteiger partial charge in [-0.05, 0) is 38.6 Å². The number of ether oxygens (including phenoxy) is 1. The molecule has 0 bridgehead atoms. The quantitative estimate of drug-likeness (QED) is 0.761. The highest BCUT2D eigenvalue weighted by molar-refractivity contribution is 7.80. The SMILES string of the molecule is CCCN(CC(N)=S)CC1CCC2(CCCCC2)O1. The molecule has 0 amide bonds. The minimum absolute atomic E-state index is 0.226. The molecular weight excluding hydrogens is 256 g/mol. The lowest BCUT2D eigenvalue weighted by Gasteiger charge is -2.34. The van der Waals surface area contributed by atoms with Crippen molar-refractivity contribution >= 4 is 17.2 Å². The molecule has 2 rings (SSSR count). The third kappa shape index (κ3) is 4.40. The second kappa shape index (κ2) is 7.00. The van der Waals surface area contributed by atoms with Gasteiger partial charge in [-0.25, -0.2) is 0 Å². The van der Waals surface area contributed by atoms with E-state index in [-0.39, 0.29) is 5.60 Å². The van der Waals surface area contributed by atoms with Crippen LogP contribution >= 0.6 is 12.2 Å². The van der Waals surface area contributed by atoms with Crippen LogP contribution in [0.2, 0.25) is 0 Å². The van der Waals surface area contributed by atoms with E-state index in [0.29, 0.717) is 11.1 Å². The van der Waals surface area contributed by atoms with Crippen LogP contribution < -0.4 is 5.73 Å². The van der Waals surface area contributed by atoms with E-state index < -0.39 is 0 Å². The molecular formula is C15H28N2OS. The Morgan fingerprint density at radius 3 is 2.68 bits per heavy atom. The third-order valence-electron chi connectivity index (χ3n) is 4.48. The molecule has 1 aliphatic heterocycles. The lowest BCUT2D eigenvalue weighted by molar-refractivity contribution is -0.0708. The van der Waals surface area contributed by atoms with E-state index in [2.05, 4.69) is 11.8 Å². The molecule has 1 heterocycles. The fourth-order valence-electron chi connectivity index (χ4n) is 3.65. The second-order valence-corrected chi connectivity index (χ2v) is 6.75. The normalized spacial score (nSPS) is 26.1. The van der Waals surface area contributed by atoms with Gasteiger partial charge in [0.1, 0.15) is 0 Å².